The van der Waals surface area contributed by atoms with Gasteiger partial charge in [0.05, 0.1) is 19.1 Å². The molecule has 32 heavy (non-hydrogen) atoms. The maximum absolute atomic E-state index is 13.6. The van der Waals surface area contributed by atoms with Crippen LogP contribution in [0.15, 0.2) is 24.3 Å². The molecule has 2 aromatic rings. The van der Waals surface area contributed by atoms with Gasteiger partial charge in [-0.25, -0.2) is 4.39 Å². The number of aliphatic carboxylic acids is 1. The molecule has 176 valence electrons. The molecule has 2 N–H and O–H groups in total. The van der Waals surface area contributed by atoms with Gasteiger partial charge in [0.25, 0.3) is 0 Å². The number of halogens is 1. The minimum atomic E-state index is -2.49. The molecule has 0 spiro atoms. The molecule has 0 radical (unpaired) electrons. The second-order valence-electron chi connectivity index (χ2n) is 8.74. The first kappa shape index (κ1) is 24.7. The molecule has 8 heteroatoms. The number of aliphatic hydroxyl groups is 1. The standard InChI is InChI=1S/C24H33FNO5P/c1-16(2)24-20(6-5-13-31-32(30)15-19(27)14-22(28)29)23(17-8-10-18(25)11-9-17)21-7-3-4-12-26(21)24/h8-11,16,19,27,32H,3-7,12-15H2,1-2H3,(H,28,29). The lowest BCUT2D eigenvalue weighted by atomic mass is 9.93. The van der Waals surface area contributed by atoms with Crippen molar-refractivity contribution >= 4 is 14.0 Å². The van der Waals surface area contributed by atoms with Crippen LogP contribution in [0.5, 0.6) is 0 Å². The maximum atomic E-state index is 13.6. The zero-order valence-electron chi connectivity index (χ0n) is 18.8. The van der Waals surface area contributed by atoms with E-state index < -0.39 is 26.5 Å². The predicted molar refractivity (Wildman–Crippen MR) is 123 cm³/mol. The van der Waals surface area contributed by atoms with E-state index in [4.69, 9.17) is 9.63 Å². The van der Waals surface area contributed by atoms with Gasteiger partial charge in [0.2, 0.25) is 0 Å². The summed E-state index contributed by atoms with van der Waals surface area (Å²) in [6.07, 6.45) is 2.94. The number of carboxylic acids is 1. The zero-order chi connectivity index (χ0) is 23.3. The lowest BCUT2D eigenvalue weighted by molar-refractivity contribution is -0.138. The molecular weight excluding hydrogens is 432 g/mol. The highest BCUT2D eigenvalue weighted by molar-refractivity contribution is 7.39. The Hall–Kier alpha value is -1.95. The van der Waals surface area contributed by atoms with E-state index in [1.165, 1.54) is 34.6 Å². The Kier molecular flexibility index (Phi) is 8.69. The first-order valence-electron chi connectivity index (χ1n) is 11.3. The van der Waals surface area contributed by atoms with Gasteiger partial charge < -0.3 is 19.3 Å². The van der Waals surface area contributed by atoms with Crippen LogP contribution in [-0.4, -0.2) is 39.6 Å². The third kappa shape index (κ3) is 6.09. The molecule has 1 aromatic heterocycles. The van der Waals surface area contributed by atoms with Crippen molar-refractivity contribution < 1.29 is 28.5 Å². The average Bonchev–Trinajstić information content (AvgIpc) is 3.05. The minimum Gasteiger partial charge on any atom is -0.481 e. The fourth-order valence-electron chi connectivity index (χ4n) is 4.65. The molecular formula is C24H33FNO5P. The summed E-state index contributed by atoms with van der Waals surface area (Å²) in [6.45, 7) is 5.64. The van der Waals surface area contributed by atoms with E-state index in [0.717, 1.165) is 37.8 Å². The molecule has 2 unspecified atom stereocenters. The van der Waals surface area contributed by atoms with Crippen molar-refractivity contribution in [3.8, 4) is 11.1 Å². The second-order valence-corrected chi connectivity index (χ2v) is 10.2. The van der Waals surface area contributed by atoms with Gasteiger partial charge in [-0.15, -0.1) is 0 Å². The molecule has 1 aliphatic heterocycles. The van der Waals surface area contributed by atoms with E-state index in [1.54, 1.807) is 0 Å². The van der Waals surface area contributed by atoms with E-state index >= 15 is 0 Å². The maximum Gasteiger partial charge on any atom is 0.305 e. The molecule has 0 amide bonds. The molecule has 1 aliphatic rings. The monoisotopic (exact) mass is 465 g/mol. The van der Waals surface area contributed by atoms with Gasteiger partial charge in [0.1, 0.15) is 5.82 Å². The van der Waals surface area contributed by atoms with Crippen molar-refractivity contribution in [2.75, 3.05) is 12.8 Å². The number of benzene rings is 1. The number of nitrogens with zero attached hydrogens (tertiary/aromatic N) is 1. The number of carbonyl (C=O) groups is 1. The van der Waals surface area contributed by atoms with Crippen molar-refractivity contribution in [2.24, 2.45) is 0 Å². The fourth-order valence-corrected chi connectivity index (χ4v) is 5.67. The van der Waals surface area contributed by atoms with Crippen molar-refractivity contribution in [3.63, 3.8) is 0 Å². The average molecular weight is 466 g/mol. The van der Waals surface area contributed by atoms with Crippen LogP contribution >= 0.6 is 8.03 Å². The number of rotatable bonds is 11. The van der Waals surface area contributed by atoms with Gasteiger partial charge in [-0.3, -0.25) is 9.36 Å². The highest BCUT2D eigenvalue weighted by atomic mass is 31.1. The van der Waals surface area contributed by atoms with Gasteiger partial charge >= 0.3 is 5.97 Å². The largest absolute Gasteiger partial charge is 0.481 e. The summed E-state index contributed by atoms with van der Waals surface area (Å²) in [5, 5.41) is 18.3. The molecule has 2 atom stereocenters. The third-order valence-corrected chi connectivity index (χ3v) is 7.22. The first-order valence-corrected chi connectivity index (χ1v) is 12.9. The lowest BCUT2D eigenvalue weighted by Crippen LogP contribution is -2.15. The van der Waals surface area contributed by atoms with Crippen LogP contribution < -0.4 is 0 Å². The SMILES string of the molecule is CC(C)c1c(CCCO[PH](=O)CC(O)CC(=O)O)c(-c2ccc(F)cc2)c2n1CCCC2. The Morgan fingerprint density at radius 1 is 1.25 bits per heavy atom. The fraction of sp³-hybridized carbons (Fsp3) is 0.542. The summed E-state index contributed by atoms with van der Waals surface area (Å²) >= 11 is 0. The predicted octanol–water partition coefficient (Wildman–Crippen LogP) is 5.01. The number of hydrogen-bond acceptors (Lipinski definition) is 4. The number of aromatic nitrogens is 1. The highest BCUT2D eigenvalue weighted by Crippen LogP contribution is 2.40. The van der Waals surface area contributed by atoms with Crippen molar-refractivity contribution in [1.82, 2.24) is 4.57 Å². The van der Waals surface area contributed by atoms with Gasteiger partial charge in [0.15, 0.2) is 8.03 Å². The van der Waals surface area contributed by atoms with Crippen LogP contribution in [0, 0.1) is 5.82 Å². The van der Waals surface area contributed by atoms with Crippen molar-refractivity contribution in [1.29, 1.82) is 0 Å². The Morgan fingerprint density at radius 2 is 1.97 bits per heavy atom. The van der Waals surface area contributed by atoms with Crippen LogP contribution in [0.1, 0.15) is 62.4 Å². The van der Waals surface area contributed by atoms with Crippen LogP contribution in [0.2, 0.25) is 0 Å². The molecule has 6 nitrogen and oxygen atoms in total. The third-order valence-electron chi connectivity index (χ3n) is 5.89. The van der Waals surface area contributed by atoms with Gasteiger partial charge in [-0.05, 0) is 61.3 Å². The molecule has 1 aromatic carbocycles. The molecule has 0 bridgehead atoms. The lowest BCUT2D eigenvalue weighted by Gasteiger charge is -2.20. The highest BCUT2D eigenvalue weighted by Gasteiger charge is 2.26. The summed E-state index contributed by atoms with van der Waals surface area (Å²) in [7, 11) is -2.49. The van der Waals surface area contributed by atoms with Crippen molar-refractivity contribution in [2.45, 2.75) is 70.9 Å². The summed E-state index contributed by atoms with van der Waals surface area (Å²) in [5.74, 6) is -1.04. The van der Waals surface area contributed by atoms with Gasteiger partial charge in [-0.1, -0.05) is 26.0 Å². The molecule has 2 heterocycles. The Bertz CT molecular complexity index is 954. The van der Waals surface area contributed by atoms with Gasteiger partial charge in [0, 0.05) is 29.7 Å². The van der Waals surface area contributed by atoms with Crippen LogP contribution in [0.25, 0.3) is 11.1 Å². The molecule has 0 saturated heterocycles. The molecule has 0 fully saturated rings. The normalized spacial score (nSPS) is 15.5. The van der Waals surface area contributed by atoms with E-state index in [0.29, 0.717) is 12.3 Å². The first-order chi connectivity index (χ1) is 15.3. The Balaban J connectivity index is 1.76. The summed E-state index contributed by atoms with van der Waals surface area (Å²) < 4.78 is 33.5. The smallest absolute Gasteiger partial charge is 0.305 e. The van der Waals surface area contributed by atoms with E-state index in [2.05, 4.69) is 18.4 Å². The number of carboxylic acid groups (broad SMARTS) is 1. The number of aliphatic hydroxyl groups excluding tert-OH is 1. The second kappa shape index (κ2) is 11.3. The number of hydrogen-bond donors (Lipinski definition) is 2. The van der Waals surface area contributed by atoms with Crippen LogP contribution in [-0.2, 0) is 33.3 Å². The summed E-state index contributed by atoms with van der Waals surface area (Å²) in [5.41, 5.74) is 6.08. The quantitative estimate of drug-likeness (QED) is 0.360. The molecule has 3 rings (SSSR count). The Morgan fingerprint density at radius 3 is 2.62 bits per heavy atom. The molecule has 0 aliphatic carbocycles. The zero-order valence-corrected chi connectivity index (χ0v) is 19.8. The number of fused-ring (bicyclic) bond motifs is 1. The minimum absolute atomic E-state index is 0.143. The summed E-state index contributed by atoms with van der Waals surface area (Å²) in [6, 6.07) is 6.68. The topological polar surface area (TPSA) is 88.8 Å². The van der Waals surface area contributed by atoms with E-state index in [1.807, 2.05) is 12.1 Å². The van der Waals surface area contributed by atoms with E-state index in [9.17, 15) is 18.9 Å². The van der Waals surface area contributed by atoms with Crippen LogP contribution in [0.3, 0.4) is 0 Å². The van der Waals surface area contributed by atoms with E-state index in [-0.39, 0.29) is 18.6 Å². The van der Waals surface area contributed by atoms with Crippen molar-refractivity contribution in [3.05, 3.63) is 47.0 Å². The van der Waals surface area contributed by atoms with Crippen LogP contribution in [0.4, 0.5) is 4.39 Å². The summed E-state index contributed by atoms with van der Waals surface area (Å²) in [4.78, 5) is 10.6. The van der Waals surface area contributed by atoms with Gasteiger partial charge in [-0.2, -0.15) is 0 Å². The molecule has 0 saturated carbocycles. The Labute approximate surface area is 189 Å².